The van der Waals surface area contributed by atoms with Gasteiger partial charge >= 0.3 is 0 Å². The van der Waals surface area contributed by atoms with Crippen LogP contribution in [0.2, 0.25) is 5.02 Å². The first-order chi connectivity index (χ1) is 11.7. The van der Waals surface area contributed by atoms with Crippen molar-refractivity contribution in [3.8, 4) is 0 Å². The lowest BCUT2D eigenvalue weighted by Crippen LogP contribution is -2.41. The number of halogens is 1. The molecule has 3 rings (SSSR count). The van der Waals surface area contributed by atoms with Gasteiger partial charge in [0.05, 0.1) is 11.4 Å². The number of hydrogen-bond donors (Lipinski definition) is 2. The van der Waals surface area contributed by atoms with E-state index >= 15 is 0 Å². The molecule has 0 unspecified atom stereocenters. The highest BCUT2D eigenvalue weighted by Gasteiger charge is 2.10. The van der Waals surface area contributed by atoms with E-state index in [4.69, 9.17) is 23.8 Å². The van der Waals surface area contributed by atoms with Gasteiger partial charge in [-0.15, -0.1) is 0 Å². The Balaban J connectivity index is 1.79. The molecule has 0 heterocycles. The molecule has 0 saturated heterocycles. The predicted molar refractivity (Wildman–Crippen MR) is 106 cm³/mol. The van der Waals surface area contributed by atoms with E-state index in [0.29, 0.717) is 10.1 Å². The number of benzene rings is 3. The first kappa shape index (κ1) is 16.3. The van der Waals surface area contributed by atoms with Crippen LogP contribution in [-0.4, -0.2) is 5.11 Å². The van der Waals surface area contributed by atoms with Gasteiger partial charge in [-0.25, -0.2) is 0 Å². The number of thiocarbonyl (C=S) groups is 1. The normalized spacial score (nSPS) is 10.0. The van der Waals surface area contributed by atoms with E-state index in [1.54, 1.807) is 0 Å². The Labute approximate surface area is 151 Å². The SMILES string of the molecule is S=C(Nc1ccc(Cl)cc1)NN(c1ccccc1)c1ccccc1. The number of hydrazine groups is 1. The molecule has 2 N–H and O–H groups in total. The van der Waals surface area contributed by atoms with Crippen molar-refractivity contribution in [2.75, 3.05) is 10.3 Å². The van der Waals surface area contributed by atoms with Gasteiger partial charge in [0.15, 0.2) is 5.11 Å². The summed E-state index contributed by atoms with van der Waals surface area (Å²) in [7, 11) is 0. The Morgan fingerprint density at radius 1 is 0.750 bits per heavy atom. The molecule has 0 aliphatic carbocycles. The van der Waals surface area contributed by atoms with E-state index in [1.165, 1.54) is 0 Å². The van der Waals surface area contributed by atoms with Crippen LogP contribution in [0.15, 0.2) is 84.9 Å². The van der Waals surface area contributed by atoms with Crippen LogP contribution in [0.25, 0.3) is 0 Å². The molecular weight excluding hydrogens is 338 g/mol. The first-order valence-corrected chi connectivity index (χ1v) is 8.24. The summed E-state index contributed by atoms with van der Waals surface area (Å²) in [5.41, 5.74) is 6.09. The minimum absolute atomic E-state index is 0.491. The average Bonchev–Trinajstić information content (AvgIpc) is 2.63. The summed E-state index contributed by atoms with van der Waals surface area (Å²) in [4.78, 5) is 0. The van der Waals surface area contributed by atoms with Gasteiger partial charge in [-0.1, -0.05) is 48.0 Å². The molecule has 3 nitrogen and oxygen atoms in total. The number of hydrogen-bond acceptors (Lipinski definition) is 2. The number of rotatable bonds is 4. The van der Waals surface area contributed by atoms with Crippen LogP contribution < -0.4 is 15.8 Å². The fourth-order valence-electron chi connectivity index (χ4n) is 2.23. The Bertz CT molecular complexity index is 752. The van der Waals surface area contributed by atoms with Crippen molar-refractivity contribution >= 4 is 46.0 Å². The maximum atomic E-state index is 5.91. The summed E-state index contributed by atoms with van der Waals surface area (Å²) >= 11 is 11.4. The van der Waals surface area contributed by atoms with Gasteiger partial charge < -0.3 is 5.32 Å². The van der Waals surface area contributed by atoms with Gasteiger partial charge in [0.25, 0.3) is 0 Å². The van der Waals surface area contributed by atoms with Gasteiger partial charge in [0.1, 0.15) is 0 Å². The molecule has 0 aromatic heterocycles. The Hall–Kier alpha value is -2.56. The number of anilines is 3. The van der Waals surface area contributed by atoms with E-state index in [2.05, 4.69) is 10.7 Å². The summed E-state index contributed by atoms with van der Waals surface area (Å²) in [6.45, 7) is 0. The van der Waals surface area contributed by atoms with Crippen molar-refractivity contribution < 1.29 is 0 Å². The summed E-state index contributed by atoms with van der Waals surface area (Å²) < 4.78 is 0. The quantitative estimate of drug-likeness (QED) is 0.486. The Morgan fingerprint density at radius 3 is 1.75 bits per heavy atom. The van der Waals surface area contributed by atoms with Crippen LogP contribution in [0.5, 0.6) is 0 Å². The maximum absolute atomic E-state index is 5.91. The Kier molecular flexibility index (Phi) is 5.31. The standard InChI is InChI=1S/C19H16ClN3S/c20-15-11-13-16(14-12-15)21-19(24)22-23(17-7-3-1-4-8-17)18-9-5-2-6-10-18/h1-14H,(H2,21,22,24). The second-order valence-electron chi connectivity index (χ2n) is 5.08. The molecule has 0 amide bonds. The lowest BCUT2D eigenvalue weighted by Gasteiger charge is -2.27. The fraction of sp³-hybridized carbons (Fsp3) is 0. The summed E-state index contributed by atoms with van der Waals surface area (Å²) in [6.07, 6.45) is 0. The molecule has 0 saturated carbocycles. The van der Waals surface area contributed by atoms with E-state index in [0.717, 1.165) is 17.1 Å². The third-order valence-electron chi connectivity index (χ3n) is 3.34. The van der Waals surface area contributed by atoms with Crippen LogP contribution in [0.1, 0.15) is 0 Å². The van der Waals surface area contributed by atoms with Gasteiger partial charge in [-0.2, -0.15) is 0 Å². The van der Waals surface area contributed by atoms with Crippen molar-refractivity contribution in [1.29, 1.82) is 0 Å². The molecular formula is C19H16ClN3S. The van der Waals surface area contributed by atoms with Gasteiger partial charge in [0, 0.05) is 10.7 Å². The number of nitrogens with zero attached hydrogens (tertiary/aromatic N) is 1. The van der Waals surface area contributed by atoms with Crippen molar-refractivity contribution in [2.24, 2.45) is 0 Å². The van der Waals surface area contributed by atoms with Gasteiger partial charge in [-0.05, 0) is 60.7 Å². The highest BCUT2D eigenvalue weighted by atomic mass is 35.5. The zero-order valence-electron chi connectivity index (χ0n) is 12.8. The van der Waals surface area contributed by atoms with E-state index in [1.807, 2.05) is 89.9 Å². The smallest absolute Gasteiger partial charge is 0.190 e. The largest absolute Gasteiger partial charge is 0.331 e. The maximum Gasteiger partial charge on any atom is 0.190 e. The molecule has 3 aromatic carbocycles. The van der Waals surface area contributed by atoms with Crippen LogP contribution in [0.4, 0.5) is 17.1 Å². The second kappa shape index (κ2) is 7.81. The van der Waals surface area contributed by atoms with Crippen LogP contribution in [-0.2, 0) is 0 Å². The molecule has 120 valence electrons. The van der Waals surface area contributed by atoms with E-state index in [-0.39, 0.29) is 0 Å². The van der Waals surface area contributed by atoms with Crippen molar-refractivity contribution in [3.05, 3.63) is 90.0 Å². The topological polar surface area (TPSA) is 27.3 Å². The monoisotopic (exact) mass is 353 g/mol. The molecule has 0 fully saturated rings. The van der Waals surface area contributed by atoms with Crippen LogP contribution in [0.3, 0.4) is 0 Å². The molecule has 0 aliphatic heterocycles. The minimum Gasteiger partial charge on any atom is -0.331 e. The minimum atomic E-state index is 0.491. The lowest BCUT2D eigenvalue weighted by molar-refractivity contribution is 0.943. The molecule has 3 aromatic rings. The second-order valence-corrected chi connectivity index (χ2v) is 5.92. The third-order valence-corrected chi connectivity index (χ3v) is 3.79. The molecule has 0 aliphatic rings. The van der Waals surface area contributed by atoms with Crippen molar-refractivity contribution in [2.45, 2.75) is 0 Å². The highest BCUT2D eigenvalue weighted by Crippen LogP contribution is 2.22. The van der Waals surface area contributed by atoms with Crippen molar-refractivity contribution in [3.63, 3.8) is 0 Å². The van der Waals surface area contributed by atoms with Gasteiger partial charge in [0.2, 0.25) is 0 Å². The summed E-state index contributed by atoms with van der Waals surface area (Å²) in [5.74, 6) is 0. The number of para-hydroxylation sites is 2. The summed E-state index contributed by atoms with van der Waals surface area (Å²) in [5, 5.41) is 6.28. The molecule has 0 radical (unpaired) electrons. The lowest BCUT2D eigenvalue weighted by atomic mass is 10.2. The molecule has 0 atom stereocenters. The van der Waals surface area contributed by atoms with E-state index in [9.17, 15) is 0 Å². The van der Waals surface area contributed by atoms with E-state index < -0.39 is 0 Å². The third kappa shape index (κ3) is 4.25. The van der Waals surface area contributed by atoms with Crippen LogP contribution in [0, 0.1) is 0 Å². The number of nitrogens with one attached hydrogen (secondary N) is 2. The predicted octanol–water partition coefficient (Wildman–Crippen LogP) is 5.38. The molecule has 5 heteroatoms. The zero-order valence-corrected chi connectivity index (χ0v) is 14.4. The molecule has 24 heavy (non-hydrogen) atoms. The fourth-order valence-corrected chi connectivity index (χ4v) is 2.56. The average molecular weight is 354 g/mol. The molecule has 0 spiro atoms. The molecule has 0 bridgehead atoms. The summed E-state index contributed by atoms with van der Waals surface area (Å²) in [6, 6.07) is 27.4. The van der Waals surface area contributed by atoms with Crippen molar-refractivity contribution in [1.82, 2.24) is 5.43 Å². The highest BCUT2D eigenvalue weighted by molar-refractivity contribution is 7.80. The van der Waals surface area contributed by atoms with Gasteiger partial charge in [-0.3, -0.25) is 10.4 Å². The Morgan fingerprint density at radius 2 is 1.25 bits per heavy atom. The van der Waals surface area contributed by atoms with Crippen LogP contribution >= 0.6 is 23.8 Å². The first-order valence-electron chi connectivity index (χ1n) is 7.46. The zero-order chi connectivity index (χ0) is 16.8.